The third-order valence-electron chi connectivity index (χ3n) is 4.70. The second kappa shape index (κ2) is 9.37. The molecule has 0 radical (unpaired) electrons. The van der Waals surface area contributed by atoms with Crippen molar-refractivity contribution in [3.63, 3.8) is 0 Å². The summed E-state index contributed by atoms with van der Waals surface area (Å²) >= 11 is 0. The van der Waals surface area contributed by atoms with E-state index in [1.807, 2.05) is 50.5 Å². The second-order valence-corrected chi connectivity index (χ2v) is 7.17. The highest BCUT2D eigenvalue weighted by molar-refractivity contribution is 5.97. The summed E-state index contributed by atoms with van der Waals surface area (Å²) < 4.78 is 5.67. The molecule has 1 aliphatic heterocycles. The Bertz CT molecular complexity index is 801. The summed E-state index contributed by atoms with van der Waals surface area (Å²) in [6, 6.07) is 14.9. The van der Waals surface area contributed by atoms with Crippen molar-refractivity contribution >= 4 is 17.5 Å². The fourth-order valence-electron chi connectivity index (χ4n) is 3.05. The number of nitrogens with one attached hydrogen (secondary N) is 1. The Morgan fingerprint density at radius 1 is 1.11 bits per heavy atom. The molecule has 6 nitrogen and oxygen atoms in total. The lowest BCUT2D eigenvalue weighted by atomic mass is 10.1. The maximum absolute atomic E-state index is 12.4. The number of nitrogens with zero attached hydrogens (tertiary/aromatic N) is 2. The smallest absolute Gasteiger partial charge is 0.251 e. The van der Waals surface area contributed by atoms with Crippen LogP contribution >= 0.6 is 0 Å². The number of likely N-dealkylation sites (N-methyl/N-ethyl adjacent to an activating group) is 1. The Hall–Kier alpha value is -2.86. The normalized spacial score (nSPS) is 13.8. The predicted octanol–water partition coefficient (Wildman–Crippen LogP) is 2.68. The zero-order valence-electron chi connectivity index (χ0n) is 16.5. The Balaban J connectivity index is 1.49. The Morgan fingerprint density at radius 2 is 1.82 bits per heavy atom. The Labute approximate surface area is 166 Å². The van der Waals surface area contributed by atoms with Crippen LogP contribution in [0, 0.1) is 0 Å². The lowest BCUT2D eigenvalue weighted by Gasteiger charge is -2.15. The average Bonchev–Trinajstić information content (AvgIpc) is 3.13. The highest BCUT2D eigenvalue weighted by Crippen LogP contribution is 2.21. The van der Waals surface area contributed by atoms with Crippen LogP contribution < -0.4 is 15.0 Å². The standard InChI is InChI=1S/C22H27N3O3/c1-24(2)14-15-28-20-11-5-17(6-12-20)16-23-22(27)18-7-9-19(10-8-18)25-13-3-4-21(25)26/h5-12H,3-4,13-16H2,1-2H3,(H,23,27). The first kappa shape index (κ1) is 19.9. The highest BCUT2D eigenvalue weighted by atomic mass is 16.5. The monoisotopic (exact) mass is 381 g/mol. The number of ether oxygens (including phenoxy) is 1. The van der Waals surface area contributed by atoms with Crippen LogP contribution in [0.3, 0.4) is 0 Å². The van der Waals surface area contributed by atoms with Crippen molar-refractivity contribution in [2.45, 2.75) is 19.4 Å². The predicted molar refractivity (Wildman–Crippen MR) is 110 cm³/mol. The lowest BCUT2D eigenvalue weighted by molar-refractivity contribution is -0.117. The quantitative estimate of drug-likeness (QED) is 0.764. The topological polar surface area (TPSA) is 61.9 Å². The van der Waals surface area contributed by atoms with Gasteiger partial charge in [-0.2, -0.15) is 0 Å². The molecule has 0 aromatic heterocycles. The molecule has 28 heavy (non-hydrogen) atoms. The number of hydrogen-bond donors (Lipinski definition) is 1. The SMILES string of the molecule is CN(C)CCOc1ccc(CNC(=O)c2ccc(N3CCCC3=O)cc2)cc1. The van der Waals surface area contributed by atoms with Gasteiger partial charge in [0, 0.05) is 37.3 Å². The summed E-state index contributed by atoms with van der Waals surface area (Å²) in [7, 11) is 4.02. The van der Waals surface area contributed by atoms with Crippen molar-refractivity contribution in [2.75, 3.05) is 38.7 Å². The van der Waals surface area contributed by atoms with Gasteiger partial charge in [-0.15, -0.1) is 0 Å². The molecule has 1 saturated heterocycles. The van der Waals surface area contributed by atoms with Crippen LogP contribution in [0.25, 0.3) is 0 Å². The van der Waals surface area contributed by atoms with E-state index >= 15 is 0 Å². The first-order valence-corrected chi connectivity index (χ1v) is 9.58. The van der Waals surface area contributed by atoms with Gasteiger partial charge < -0.3 is 19.9 Å². The van der Waals surface area contributed by atoms with Gasteiger partial charge in [0.2, 0.25) is 5.91 Å². The number of benzene rings is 2. The van der Waals surface area contributed by atoms with Gasteiger partial charge in [0.15, 0.2) is 0 Å². The number of carbonyl (C=O) groups is 2. The number of carbonyl (C=O) groups excluding carboxylic acids is 2. The molecule has 6 heteroatoms. The van der Waals surface area contributed by atoms with Crippen molar-refractivity contribution < 1.29 is 14.3 Å². The third-order valence-corrected chi connectivity index (χ3v) is 4.70. The molecule has 0 unspecified atom stereocenters. The molecular weight excluding hydrogens is 354 g/mol. The van der Waals surface area contributed by atoms with E-state index in [0.717, 1.165) is 36.5 Å². The van der Waals surface area contributed by atoms with Crippen LogP contribution in [0.1, 0.15) is 28.8 Å². The van der Waals surface area contributed by atoms with Crippen LogP contribution in [0.2, 0.25) is 0 Å². The maximum Gasteiger partial charge on any atom is 0.251 e. The van der Waals surface area contributed by atoms with Crippen molar-refractivity contribution in [3.8, 4) is 5.75 Å². The minimum absolute atomic E-state index is 0.134. The minimum Gasteiger partial charge on any atom is -0.492 e. The Kier molecular flexibility index (Phi) is 6.66. The summed E-state index contributed by atoms with van der Waals surface area (Å²) in [6.45, 7) is 2.70. The van der Waals surface area contributed by atoms with Crippen LogP contribution in [0.5, 0.6) is 5.75 Å². The molecule has 0 atom stereocenters. The van der Waals surface area contributed by atoms with Crippen LogP contribution in [0.4, 0.5) is 5.69 Å². The molecule has 3 rings (SSSR count). The maximum atomic E-state index is 12.4. The van der Waals surface area contributed by atoms with Crippen molar-refractivity contribution in [3.05, 3.63) is 59.7 Å². The molecule has 1 N–H and O–H groups in total. The molecule has 148 valence electrons. The minimum atomic E-state index is -0.134. The summed E-state index contributed by atoms with van der Waals surface area (Å²) in [5.74, 6) is 0.834. The molecule has 0 aliphatic carbocycles. The number of rotatable bonds is 8. The van der Waals surface area contributed by atoms with Crippen LogP contribution in [0.15, 0.2) is 48.5 Å². The van der Waals surface area contributed by atoms with E-state index in [0.29, 0.717) is 25.1 Å². The molecule has 1 fully saturated rings. The van der Waals surface area contributed by atoms with Crippen molar-refractivity contribution in [1.82, 2.24) is 10.2 Å². The molecule has 0 spiro atoms. The van der Waals surface area contributed by atoms with Gasteiger partial charge in [0.05, 0.1) is 0 Å². The largest absolute Gasteiger partial charge is 0.492 e. The molecule has 2 amide bonds. The summed E-state index contributed by atoms with van der Waals surface area (Å²) in [5.41, 5.74) is 2.44. The molecular formula is C22H27N3O3. The van der Waals surface area contributed by atoms with E-state index in [9.17, 15) is 9.59 Å². The molecule has 1 heterocycles. The summed E-state index contributed by atoms with van der Waals surface area (Å²) in [4.78, 5) is 28.0. The van der Waals surface area contributed by atoms with E-state index in [1.54, 1.807) is 17.0 Å². The third kappa shape index (κ3) is 5.33. The Morgan fingerprint density at radius 3 is 2.43 bits per heavy atom. The molecule has 0 bridgehead atoms. The van der Waals surface area contributed by atoms with Gasteiger partial charge in [0.25, 0.3) is 5.91 Å². The van der Waals surface area contributed by atoms with Gasteiger partial charge in [-0.3, -0.25) is 9.59 Å². The first-order valence-electron chi connectivity index (χ1n) is 9.58. The van der Waals surface area contributed by atoms with E-state index in [2.05, 4.69) is 10.2 Å². The van der Waals surface area contributed by atoms with Gasteiger partial charge in [-0.25, -0.2) is 0 Å². The number of amides is 2. The second-order valence-electron chi connectivity index (χ2n) is 7.17. The van der Waals surface area contributed by atoms with E-state index in [4.69, 9.17) is 4.74 Å². The highest BCUT2D eigenvalue weighted by Gasteiger charge is 2.21. The van der Waals surface area contributed by atoms with E-state index < -0.39 is 0 Å². The van der Waals surface area contributed by atoms with Crippen molar-refractivity contribution in [2.24, 2.45) is 0 Å². The van der Waals surface area contributed by atoms with Gasteiger partial charge >= 0.3 is 0 Å². The van der Waals surface area contributed by atoms with Crippen LogP contribution in [-0.4, -0.2) is 50.5 Å². The van der Waals surface area contributed by atoms with Gasteiger partial charge in [0.1, 0.15) is 12.4 Å². The summed E-state index contributed by atoms with van der Waals surface area (Å²) in [5, 5.41) is 2.92. The van der Waals surface area contributed by atoms with Gasteiger partial charge in [-0.1, -0.05) is 12.1 Å². The molecule has 2 aromatic rings. The zero-order valence-corrected chi connectivity index (χ0v) is 16.5. The lowest BCUT2D eigenvalue weighted by Crippen LogP contribution is -2.25. The fourth-order valence-corrected chi connectivity index (χ4v) is 3.05. The van der Waals surface area contributed by atoms with E-state index in [-0.39, 0.29) is 11.8 Å². The van der Waals surface area contributed by atoms with Crippen LogP contribution in [-0.2, 0) is 11.3 Å². The molecule has 2 aromatic carbocycles. The summed E-state index contributed by atoms with van der Waals surface area (Å²) in [6.07, 6.45) is 1.49. The molecule has 1 aliphatic rings. The first-order chi connectivity index (χ1) is 13.5. The number of hydrogen-bond acceptors (Lipinski definition) is 4. The molecule has 0 saturated carbocycles. The average molecular weight is 381 g/mol. The van der Waals surface area contributed by atoms with E-state index in [1.165, 1.54) is 0 Å². The number of anilines is 1. The zero-order chi connectivity index (χ0) is 19.9. The van der Waals surface area contributed by atoms with Gasteiger partial charge in [-0.05, 0) is 62.5 Å². The fraction of sp³-hybridized carbons (Fsp3) is 0.364. The van der Waals surface area contributed by atoms with Crippen molar-refractivity contribution in [1.29, 1.82) is 0 Å².